The molecule has 2 rings (SSSR count). The van der Waals surface area contributed by atoms with E-state index >= 15 is 0 Å². The molecule has 0 spiro atoms. The highest BCUT2D eigenvalue weighted by Crippen LogP contribution is 2.38. The summed E-state index contributed by atoms with van der Waals surface area (Å²) >= 11 is 1.82. The van der Waals surface area contributed by atoms with Crippen molar-refractivity contribution in [1.82, 2.24) is 5.32 Å². The lowest BCUT2D eigenvalue weighted by molar-refractivity contribution is 0.122. The fourth-order valence-electron chi connectivity index (χ4n) is 2.98. The van der Waals surface area contributed by atoms with Crippen molar-refractivity contribution in [3.63, 3.8) is 0 Å². The second-order valence-corrected chi connectivity index (χ2v) is 6.96. The molecule has 1 saturated carbocycles. The molecule has 1 atom stereocenters. The van der Waals surface area contributed by atoms with Gasteiger partial charge in [-0.05, 0) is 30.2 Å². The van der Waals surface area contributed by atoms with Crippen molar-refractivity contribution >= 4 is 11.3 Å². The van der Waals surface area contributed by atoms with Crippen LogP contribution in [0.1, 0.15) is 50.4 Å². The molecular formula is C15H25NOS. The summed E-state index contributed by atoms with van der Waals surface area (Å²) in [5.41, 5.74) is 0.143. The van der Waals surface area contributed by atoms with Gasteiger partial charge in [0.25, 0.3) is 0 Å². The third-order valence-electron chi connectivity index (χ3n) is 4.21. The van der Waals surface area contributed by atoms with Crippen molar-refractivity contribution in [1.29, 1.82) is 0 Å². The first-order valence-corrected chi connectivity index (χ1v) is 7.92. The quantitative estimate of drug-likeness (QED) is 0.825. The summed E-state index contributed by atoms with van der Waals surface area (Å²) in [6.45, 7) is 5.80. The molecule has 1 aliphatic carbocycles. The minimum Gasteiger partial charge on any atom is -0.396 e. The zero-order valence-corrected chi connectivity index (χ0v) is 12.3. The molecule has 2 nitrogen and oxygen atoms in total. The van der Waals surface area contributed by atoms with E-state index in [1.807, 2.05) is 11.3 Å². The summed E-state index contributed by atoms with van der Waals surface area (Å²) in [7, 11) is 0. The van der Waals surface area contributed by atoms with Gasteiger partial charge in [-0.2, -0.15) is 0 Å². The van der Waals surface area contributed by atoms with Crippen LogP contribution >= 0.6 is 11.3 Å². The minimum absolute atomic E-state index is 0.143. The first kappa shape index (κ1) is 14.0. The Kier molecular flexibility index (Phi) is 4.82. The molecule has 0 amide bonds. The van der Waals surface area contributed by atoms with E-state index in [1.54, 1.807) is 0 Å². The fraction of sp³-hybridized carbons (Fsp3) is 0.733. The van der Waals surface area contributed by atoms with Gasteiger partial charge < -0.3 is 10.4 Å². The van der Waals surface area contributed by atoms with Crippen LogP contribution in [0.5, 0.6) is 0 Å². The first-order chi connectivity index (χ1) is 8.67. The van der Waals surface area contributed by atoms with E-state index < -0.39 is 0 Å². The fourth-order valence-corrected chi connectivity index (χ4v) is 3.95. The van der Waals surface area contributed by atoms with Gasteiger partial charge in [0.05, 0.1) is 0 Å². The van der Waals surface area contributed by atoms with Crippen LogP contribution in [0.2, 0.25) is 0 Å². The Morgan fingerprint density at radius 2 is 2.11 bits per heavy atom. The molecule has 1 heterocycles. The summed E-state index contributed by atoms with van der Waals surface area (Å²) in [4.78, 5) is 1.41. The Balaban J connectivity index is 1.98. The second-order valence-electron chi connectivity index (χ2n) is 5.98. The number of hydrogen-bond acceptors (Lipinski definition) is 3. The molecule has 18 heavy (non-hydrogen) atoms. The minimum atomic E-state index is 0.143. The number of thiophene rings is 1. The standard InChI is InChI=1S/C15H25NOS/c1-12(2)14(13-6-5-9-18-13)16-10-15(11-17)7-3-4-8-15/h5-6,9,12,14,16-17H,3-4,7-8,10-11H2,1-2H3. The molecule has 1 aromatic rings. The van der Waals surface area contributed by atoms with Gasteiger partial charge in [0.2, 0.25) is 0 Å². The SMILES string of the molecule is CC(C)C(NCC1(CO)CCCC1)c1cccs1. The molecule has 0 aliphatic heterocycles. The normalized spacial score (nSPS) is 20.4. The van der Waals surface area contributed by atoms with Crippen molar-refractivity contribution in [2.45, 2.75) is 45.6 Å². The molecule has 3 heteroatoms. The Morgan fingerprint density at radius 1 is 1.39 bits per heavy atom. The van der Waals surface area contributed by atoms with Gasteiger partial charge in [0, 0.05) is 29.5 Å². The molecule has 0 radical (unpaired) electrons. The molecule has 2 N–H and O–H groups in total. The smallest absolute Gasteiger partial charge is 0.0499 e. The highest BCUT2D eigenvalue weighted by Gasteiger charge is 2.34. The Hall–Kier alpha value is -0.380. The van der Waals surface area contributed by atoms with Gasteiger partial charge in [-0.15, -0.1) is 11.3 Å². The van der Waals surface area contributed by atoms with Gasteiger partial charge in [-0.1, -0.05) is 32.8 Å². The third kappa shape index (κ3) is 3.14. The van der Waals surface area contributed by atoms with Crippen LogP contribution in [0.15, 0.2) is 17.5 Å². The van der Waals surface area contributed by atoms with Gasteiger partial charge in [0.1, 0.15) is 0 Å². The summed E-state index contributed by atoms with van der Waals surface area (Å²) < 4.78 is 0. The van der Waals surface area contributed by atoms with Crippen molar-refractivity contribution in [2.75, 3.05) is 13.2 Å². The summed E-state index contributed by atoms with van der Waals surface area (Å²) in [6.07, 6.45) is 4.89. The van der Waals surface area contributed by atoms with Gasteiger partial charge in [-0.25, -0.2) is 0 Å². The van der Waals surface area contributed by atoms with E-state index in [0.29, 0.717) is 18.6 Å². The molecule has 0 aromatic carbocycles. The maximum Gasteiger partial charge on any atom is 0.0499 e. The van der Waals surface area contributed by atoms with Crippen molar-refractivity contribution in [3.05, 3.63) is 22.4 Å². The average molecular weight is 267 g/mol. The summed E-state index contributed by atoms with van der Waals surface area (Å²) in [5.74, 6) is 0.584. The van der Waals surface area contributed by atoms with Crippen LogP contribution in [0.4, 0.5) is 0 Å². The Morgan fingerprint density at radius 3 is 2.61 bits per heavy atom. The van der Waals surface area contributed by atoms with E-state index in [1.165, 1.54) is 30.6 Å². The number of aliphatic hydroxyl groups excluding tert-OH is 1. The van der Waals surface area contributed by atoms with Gasteiger partial charge in [0.15, 0.2) is 0 Å². The van der Waals surface area contributed by atoms with E-state index in [2.05, 4.69) is 36.7 Å². The van der Waals surface area contributed by atoms with Crippen molar-refractivity contribution in [3.8, 4) is 0 Å². The van der Waals surface area contributed by atoms with E-state index in [-0.39, 0.29) is 5.41 Å². The number of aliphatic hydroxyl groups is 1. The Bertz CT molecular complexity index is 341. The van der Waals surface area contributed by atoms with Gasteiger partial charge >= 0.3 is 0 Å². The number of rotatable bonds is 6. The number of nitrogens with one attached hydrogen (secondary N) is 1. The van der Waals surface area contributed by atoms with Gasteiger partial charge in [-0.3, -0.25) is 0 Å². The largest absolute Gasteiger partial charge is 0.396 e. The van der Waals surface area contributed by atoms with Crippen LogP contribution in [-0.4, -0.2) is 18.3 Å². The molecule has 1 aromatic heterocycles. The van der Waals surface area contributed by atoms with Crippen LogP contribution < -0.4 is 5.32 Å². The average Bonchev–Trinajstić information content (AvgIpc) is 3.00. The lowest BCUT2D eigenvalue weighted by atomic mass is 9.86. The third-order valence-corrected chi connectivity index (χ3v) is 5.17. The Labute approximate surface area is 114 Å². The van der Waals surface area contributed by atoms with E-state index in [0.717, 1.165) is 6.54 Å². The van der Waals surface area contributed by atoms with E-state index in [4.69, 9.17) is 0 Å². The molecule has 102 valence electrons. The van der Waals surface area contributed by atoms with Crippen molar-refractivity contribution in [2.24, 2.45) is 11.3 Å². The molecule has 0 bridgehead atoms. The molecular weight excluding hydrogens is 242 g/mol. The number of hydrogen-bond donors (Lipinski definition) is 2. The maximum atomic E-state index is 9.66. The zero-order chi connectivity index (χ0) is 13.0. The lowest BCUT2D eigenvalue weighted by Crippen LogP contribution is -2.38. The first-order valence-electron chi connectivity index (χ1n) is 7.04. The second kappa shape index (κ2) is 6.18. The maximum absolute atomic E-state index is 9.66. The summed E-state index contributed by atoms with van der Waals surface area (Å²) in [6, 6.07) is 4.76. The molecule has 1 fully saturated rings. The van der Waals surface area contributed by atoms with Crippen LogP contribution in [0.3, 0.4) is 0 Å². The predicted molar refractivity (Wildman–Crippen MR) is 77.9 cm³/mol. The zero-order valence-electron chi connectivity index (χ0n) is 11.5. The highest BCUT2D eigenvalue weighted by atomic mass is 32.1. The van der Waals surface area contributed by atoms with E-state index in [9.17, 15) is 5.11 Å². The molecule has 1 aliphatic rings. The highest BCUT2D eigenvalue weighted by molar-refractivity contribution is 7.10. The van der Waals surface area contributed by atoms with Crippen LogP contribution in [-0.2, 0) is 0 Å². The molecule has 1 unspecified atom stereocenters. The lowest BCUT2D eigenvalue weighted by Gasteiger charge is -2.31. The predicted octanol–water partition coefficient (Wildman–Crippen LogP) is 3.59. The molecule has 0 saturated heterocycles. The summed E-state index contributed by atoms with van der Waals surface area (Å²) in [5, 5.41) is 15.5. The topological polar surface area (TPSA) is 32.3 Å². The van der Waals surface area contributed by atoms with Crippen LogP contribution in [0.25, 0.3) is 0 Å². The monoisotopic (exact) mass is 267 g/mol. The van der Waals surface area contributed by atoms with Crippen molar-refractivity contribution < 1.29 is 5.11 Å². The van der Waals surface area contributed by atoms with Crippen LogP contribution in [0, 0.1) is 11.3 Å².